The molecule has 2 N–H and O–H groups in total. The molecule has 4 rings (SSSR count). The molecule has 0 heterocycles. The molecule has 0 saturated carbocycles. The summed E-state index contributed by atoms with van der Waals surface area (Å²) in [6, 6.07) is 15.6. The van der Waals surface area contributed by atoms with Crippen LogP contribution in [0.3, 0.4) is 0 Å². The number of rotatable bonds is 7. The molecule has 39 heavy (non-hydrogen) atoms. The monoisotopic (exact) mass is 595 g/mol. The molecule has 196 valence electrons. The van der Waals surface area contributed by atoms with E-state index in [0.29, 0.717) is 33.8 Å². The molecule has 0 bridgehead atoms. The molecule has 4 aromatic rings. The van der Waals surface area contributed by atoms with Crippen molar-refractivity contribution in [3.63, 3.8) is 0 Å². The zero-order chi connectivity index (χ0) is 27.6. The summed E-state index contributed by atoms with van der Waals surface area (Å²) in [5.74, 6) is -1.16. The predicted octanol–water partition coefficient (Wildman–Crippen LogP) is 3.85. The summed E-state index contributed by atoms with van der Waals surface area (Å²) in [6.45, 7) is 3.55. The van der Waals surface area contributed by atoms with Crippen LogP contribution in [0, 0.1) is 6.92 Å². The summed E-state index contributed by atoms with van der Waals surface area (Å²) in [4.78, 5) is 12.7. The molecule has 0 aliphatic carbocycles. The number of nitrogens with zero attached hydrogens (tertiary/aromatic N) is 2. The van der Waals surface area contributed by atoms with Crippen molar-refractivity contribution in [2.75, 3.05) is 11.9 Å². The summed E-state index contributed by atoms with van der Waals surface area (Å²) in [5.41, 5.74) is -0.302. The molecule has 0 saturated heterocycles. The Bertz CT molecular complexity index is 1710. The first-order chi connectivity index (χ1) is 18.0. The third-order valence-electron chi connectivity index (χ3n) is 5.50. The van der Waals surface area contributed by atoms with Gasteiger partial charge >= 0.3 is 29.6 Å². The number of benzene rings is 4. The molecular formula is C26H20Cl2N3NaO6S. The van der Waals surface area contributed by atoms with Gasteiger partial charge in [-0.25, -0.2) is 0 Å². The summed E-state index contributed by atoms with van der Waals surface area (Å²) in [6.07, 6.45) is 0. The number of amides is 1. The number of anilines is 1. The van der Waals surface area contributed by atoms with Crippen molar-refractivity contribution in [2.24, 2.45) is 10.2 Å². The average Bonchev–Trinajstić information content (AvgIpc) is 2.86. The van der Waals surface area contributed by atoms with Gasteiger partial charge in [0.05, 0.1) is 23.0 Å². The van der Waals surface area contributed by atoms with Crippen LogP contribution in [-0.2, 0) is 10.1 Å². The molecule has 0 radical (unpaired) electrons. The minimum Gasteiger partial charge on any atom is -0.870 e. The van der Waals surface area contributed by atoms with E-state index in [2.05, 4.69) is 15.5 Å². The minimum absolute atomic E-state index is 0. The van der Waals surface area contributed by atoms with E-state index in [1.165, 1.54) is 31.2 Å². The summed E-state index contributed by atoms with van der Waals surface area (Å²) < 4.78 is 39.2. The normalized spacial score (nSPS) is 11.4. The molecule has 0 fully saturated rings. The maximum absolute atomic E-state index is 13.5. The number of ether oxygens (including phenoxy) is 1. The van der Waals surface area contributed by atoms with Gasteiger partial charge in [-0.1, -0.05) is 59.3 Å². The number of halogens is 2. The van der Waals surface area contributed by atoms with Crippen molar-refractivity contribution < 1.29 is 57.2 Å². The molecule has 0 unspecified atom stereocenters. The van der Waals surface area contributed by atoms with Gasteiger partial charge in [0.2, 0.25) is 0 Å². The Morgan fingerprint density at radius 1 is 1.05 bits per heavy atom. The van der Waals surface area contributed by atoms with Gasteiger partial charge in [0.25, 0.3) is 16.0 Å². The van der Waals surface area contributed by atoms with Crippen LogP contribution in [0.2, 0.25) is 10.0 Å². The van der Waals surface area contributed by atoms with Crippen molar-refractivity contribution in [1.29, 1.82) is 0 Å². The fourth-order valence-corrected chi connectivity index (χ4v) is 5.09. The number of azo groups is 1. The van der Waals surface area contributed by atoms with Crippen molar-refractivity contribution in [2.45, 2.75) is 18.7 Å². The number of fused-ring (bicyclic) bond motifs is 1. The molecule has 1 amide bonds. The number of hydrogen-bond donors (Lipinski definition) is 2. The van der Waals surface area contributed by atoms with E-state index in [0.717, 1.165) is 0 Å². The Morgan fingerprint density at radius 3 is 2.44 bits per heavy atom. The van der Waals surface area contributed by atoms with E-state index < -0.39 is 26.7 Å². The summed E-state index contributed by atoms with van der Waals surface area (Å²) in [5, 5.41) is 25.3. The van der Waals surface area contributed by atoms with Crippen molar-refractivity contribution >= 4 is 67.1 Å². The maximum Gasteiger partial charge on any atom is 1.00 e. The van der Waals surface area contributed by atoms with Gasteiger partial charge in [-0.05, 0) is 49.1 Å². The Hall–Kier alpha value is -2.70. The molecular weight excluding hydrogens is 576 g/mol. The van der Waals surface area contributed by atoms with E-state index in [-0.39, 0.29) is 57.1 Å². The van der Waals surface area contributed by atoms with Crippen LogP contribution in [0.25, 0.3) is 10.8 Å². The van der Waals surface area contributed by atoms with Crippen LogP contribution in [0.4, 0.5) is 17.1 Å². The van der Waals surface area contributed by atoms with Crippen LogP contribution < -0.4 is 44.7 Å². The van der Waals surface area contributed by atoms with Crippen LogP contribution >= 0.6 is 23.2 Å². The average molecular weight is 596 g/mol. The molecule has 13 heteroatoms. The third-order valence-corrected chi connectivity index (χ3v) is 7.07. The van der Waals surface area contributed by atoms with Crippen LogP contribution in [0.5, 0.6) is 11.5 Å². The van der Waals surface area contributed by atoms with Gasteiger partial charge < -0.3 is 15.2 Å². The van der Waals surface area contributed by atoms with E-state index in [9.17, 15) is 22.9 Å². The molecule has 4 aromatic carbocycles. The Kier molecular flexibility index (Phi) is 10.0. The van der Waals surface area contributed by atoms with Gasteiger partial charge in [-0.15, -0.1) is 5.11 Å². The molecule has 0 aliphatic rings. The summed E-state index contributed by atoms with van der Waals surface area (Å²) in [7, 11) is -4.71. The smallest absolute Gasteiger partial charge is 0.870 e. The van der Waals surface area contributed by atoms with Crippen LogP contribution in [-0.4, -0.2) is 25.5 Å². The van der Waals surface area contributed by atoms with Gasteiger partial charge in [-0.2, -0.15) is 13.5 Å². The quantitative estimate of drug-likeness (QED) is 0.189. The van der Waals surface area contributed by atoms with Crippen molar-refractivity contribution in [3.05, 3.63) is 81.8 Å². The van der Waals surface area contributed by atoms with E-state index in [4.69, 9.17) is 27.9 Å². The fourth-order valence-electron chi connectivity index (χ4n) is 3.81. The van der Waals surface area contributed by atoms with Gasteiger partial charge in [-0.3, -0.25) is 9.35 Å². The van der Waals surface area contributed by atoms with E-state index >= 15 is 0 Å². The molecule has 0 spiro atoms. The second-order valence-corrected chi connectivity index (χ2v) is 10.3. The number of carbonyl (C=O) groups excluding carboxylic acids is 1. The Labute approximate surface area is 256 Å². The van der Waals surface area contributed by atoms with Crippen molar-refractivity contribution in [1.82, 2.24) is 0 Å². The number of carbonyl (C=O) groups is 1. The van der Waals surface area contributed by atoms with Crippen molar-refractivity contribution in [3.8, 4) is 11.5 Å². The number of aryl methyl sites for hydroxylation is 1. The standard InChI is InChI=1S/C26H21Cl2N3O6S.Na/c1-3-37-21-13-16(27)9-11-20(21)29-26(33)18-12-15-6-4-5-7-17(15)22(24(18)32)30-31-23-19(28)10-8-14(2)25(23)38(34,35)36;/h4-13,32H,3H2,1-2H3,(H,29,33)(H,34,35,36);/q;+1/p-1. The SMILES string of the molecule is CCOc1cc(Cl)ccc1NC(=O)c1cc2ccccc2c(N=Nc2c(Cl)ccc(C)c2S(=O)(=O)O)c1[O-].[Na+]. The van der Waals surface area contributed by atoms with E-state index in [1.54, 1.807) is 43.3 Å². The Morgan fingerprint density at radius 2 is 1.74 bits per heavy atom. The fraction of sp³-hybridized carbons (Fsp3) is 0.115. The topological polar surface area (TPSA) is 140 Å². The van der Waals surface area contributed by atoms with Crippen LogP contribution in [0.1, 0.15) is 22.8 Å². The molecule has 9 nitrogen and oxygen atoms in total. The first-order valence-electron chi connectivity index (χ1n) is 11.2. The van der Waals surface area contributed by atoms with E-state index in [1.807, 2.05) is 0 Å². The Balaban J connectivity index is 0.00000420. The maximum atomic E-state index is 13.5. The molecule has 0 aliphatic heterocycles. The number of hydrogen-bond acceptors (Lipinski definition) is 7. The zero-order valence-electron chi connectivity index (χ0n) is 21.0. The molecule has 0 aromatic heterocycles. The molecule has 0 atom stereocenters. The van der Waals surface area contributed by atoms with Gasteiger partial charge in [0.15, 0.2) is 0 Å². The predicted molar refractivity (Wildman–Crippen MR) is 144 cm³/mol. The zero-order valence-corrected chi connectivity index (χ0v) is 25.4. The van der Waals surface area contributed by atoms with Gasteiger partial charge in [0, 0.05) is 22.0 Å². The number of nitrogens with one attached hydrogen (secondary N) is 1. The minimum atomic E-state index is -4.71. The second kappa shape index (κ2) is 12.6. The largest absolute Gasteiger partial charge is 1.00 e. The first-order valence-corrected chi connectivity index (χ1v) is 13.4. The third kappa shape index (κ3) is 6.72. The van der Waals surface area contributed by atoms with Gasteiger partial charge in [0.1, 0.15) is 16.3 Å². The first kappa shape index (κ1) is 30.8. The van der Waals surface area contributed by atoms with Crippen LogP contribution in [0.15, 0.2) is 75.8 Å². The summed E-state index contributed by atoms with van der Waals surface area (Å²) >= 11 is 12.2. The second-order valence-electron chi connectivity index (χ2n) is 8.07.